The van der Waals surface area contributed by atoms with Gasteiger partial charge in [0.25, 0.3) is 5.56 Å². The van der Waals surface area contributed by atoms with Gasteiger partial charge in [0, 0.05) is 22.2 Å². The molecule has 0 amide bonds. The zero-order valence-corrected chi connectivity index (χ0v) is 24.4. The third-order valence-corrected chi connectivity index (χ3v) is 6.71. The highest BCUT2D eigenvalue weighted by molar-refractivity contribution is 6.31. The Morgan fingerprint density at radius 2 is 1.93 bits per heavy atom. The van der Waals surface area contributed by atoms with E-state index in [-0.39, 0.29) is 28.1 Å². The van der Waals surface area contributed by atoms with Crippen LogP contribution in [0.5, 0.6) is 11.5 Å². The number of para-hydroxylation sites is 1. The first-order valence-electron chi connectivity index (χ1n) is 13.1. The summed E-state index contributed by atoms with van der Waals surface area (Å²) in [5.74, 6) is -0.627. The largest absolute Gasteiger partial charge is 0.494 e. The first kappa shape index (κ1) is 30.2. The van der Waals surface area contributed by atoms with Gasteiger partial charge in [-0.15, -0.1) is 0 Å². The predicted molar refractivity (Wildman–Crippen MR) is 160 cm³/mol. The molecule has 42 heavy (non-hydrogen) atoms. The van der Waals surface area contributed by atoms with Crippen LogP contribution in [0.25, 0.3) is 22.3 Å². The van der Waals surface area contributed by atoms with Crippen molar-refractivity contribution in [1.82, 2.24) is 9.66 Å². The molecule has 1 N–H and O–H groups in total. The van der Waals surface area contributed by atoms with E-state index in [1.54, 1.807) is 24.3 Å². The van der Waals surface area contributed by atoms with E-state index in [4.69, 9.17) is 26.1 Å². The van der Waals surface area contributed by atoms with Crippen LogP contribution in [0.2, 0.25) is 5.02 Å². The van der Waals surface area contributed by atoms with Gasteiger partial charge in [-0.1, -0.05) is 37.6 Å². The summed E-state index contributed by atoms with van der Waals surface area (Å²) in [5.41, 5.74) is 1.76. The molecule has 12 heteroatoms. The number of nitrogens with zero attached hydrogens (tertiary/aromatic N) is 4. The van der Waals surface area contributed by atoms with Gasteiger partial charge >= 0.3 is 11.7 Å². The van der Waals surface area contributed by atoms with Gasteiger partial charge in [0.2, 0.25) is 5.75 Å². The molecule has 0 fully saturated rings. The number of nitro groups is 1. The molecular formula is C30H29ClN4O7. The van der Waals surface area contributed by atoms with Crippen LogP contribution in [0.3, 0.4) is 0 Å². The highest BCUT2D eigenvalue weighted by atomic mass is 35.5. The highest BCUT2D eigenvalue weighted by Gasteiger charge is 2.25. The van der Waals surface area contributed by atoms with Gasteiger partial charge in [0.05, 0.1) is 28.6 Å². The first-order chi connectivity index (χ1) is 19.9. The van der Waals surface area contributed by atoms with Crippen molar-refractivity contribution in [2.24, 2.45) is 5.10 Å². The minimum atomic E-state index is -1.42. The number of hydrogen-bond acceptors (Lipinski definition) is 8. The van der Waals surface area contributed by atoms with E-state index in [0.29, 0.717) is 23.1 Å². The van der Waals surface area contributed by atoms with Gasteiger partial charge in [-0.2, -0.15) is 9.78 Å². The van der Waals surface area contributed by atoms with Gasteiger partial charge in [-0.05, 0) is 68.1 Å². The molecule has 0 unspecified atom stereocenters. The van der Waals surface area contributed by atoms with E-state index in [0.717, 1.165) is 33.8 Å². The van der Waals surface area contributed by atoms with Crippen molar-refractivity contribution in [3.8, 4) is 22.9 Å². The molecule has 0 aliphatic rings. The zero-order valence-electron chi connectivity index (χ0n) is 23.6. The second-order valence-corrected chi connectivity index (χ2v) is 10.2. The Morgan fingerprint density at radius 3 is 2.57 bits per heavy atom. The van der Waals surface area contributed by atoms with Crippen LogP contribution in [0.4, 0.5) is 5.69 Å². The quantitative estimate of drug-likeness (QED) is 0.130. The molecule has 1 atom stereocenters. The average molecular weight is 593 g/mol. The van der Waals surface area contributed by atoms with E-state index < -0.39 is 28.2 Å². The Labute approximate surface area is 246 Å². The maximum Gasteiger partial charge on any atom is 0.344 e. The maximum absolute atomic E-state index is 13.8. The van der Waals surface area contributed by atoms with Crippen LogP contribution < -0.4 is 15.0 Å². The number of halogens is 1. The monoisotopic (exact) mass is 592 g/mol. The van der Waals surface area contributed by atoms with Crippen LogP contribution >= 0.6 is 11.6 Å². The minimum absolute atomic E-state index is 0.000376. The standard InChI is InChI=1S/C30H29ClN4O7/c1-6-41-26-11-17(4)23(14-22(26)16(2)3)28-33-24-10-8-7-9-21(24)29(36)34(28)32-15-19-12-20(31)13-25(35(39)40)27(19)42-18(5)30(37)38/h7-16,18H,6H2,1-5H3,(H,37,38)/t18-/m1/s1. The van der Waals surface area contributed by atoms with E-state index in [1.165, 1.54) is 13.0 Å². The highest BCUT2D eigenvalue weighted by Crippen LogP contribution is 2.36. The fraction of sp³-hybridized carbons (Fsp3) is 0.267. The normalized spacial score (nSPS) is 12.2. The number of aryl methyl sites for hydroxylation is 1. The predicted octanol–water partition coefficient (Wildman–Crippen LogP) is 6.19. The average Bonchev–Trinajstić information content (AvgIpc) is 2.93. The lowest BCUT2D eigenvalue weighted by Crippen LogP contribution is -2.24. The molecule has 0 radical (unpaired) electrons. The molecule has 0 saturated heterocycles. The molecule has 0 bridgehead atoms. The van der Waals surface area contributed by atoms with Crippen LogP contribution in [0.15, 0.2) is 58.4 Å². The van der Waals surface area contributed by atoms with Crippen molar-refractivity contribution >= 4 is 40.4 Å². The summed E-state index contributed by atoms with van der Waals surface area (Å²) in [4.78, 5) is 41.1. The summed E-state index contributed by atoms with van der Waals surface area (Å²) in [5, 5.41) is 25.8. The number of fused-ring (bicyclic) bond motifs is 1. The van der Waals surface area contributed by atoms with E-state index in [9.17, 15) is 24.8 Å². The van der Waals surface area contributed by atoms with Gasteiger partial charge < -0.3 is 14.6 Å². The lowest BCUT2D eigenvalue weighted by Gasteiger charge is -2.18. The van der Waals surface area contributed by atoms with E-state index in [1.807, 2.05) is 39.8 Å². The summed E-state index contributed by atoms with van der Waals surface area (Å²) in [7, 11) is 0. The number of carboxylic acids is 1. The second-order valence-electron chi connectivity index (χ2n) is 9.81. The number of aliphatic carboxylic acids is 1. The van der Waals surface area contributed by atoms with Crippen molar-refractivity contribution in [1.29, 1.82) is 0 Å². The molecule has 218 valence electrons. The SMILES string of the molecule is CCOc1cc(C)c(-c2nc3ccccc3c(=O)n2N=Cc2cc(Cl)cc([N+](=O)[O-])c2O[C@H](C)C(=O)O)cc1C(C)C. The second kappa shape index (κ2) is 12.4. The maximum atomic E-state index is 13.8. The minimum Gasteiger partial charge on any atom is -0.494 e. The molecule has 0 saturated carbocycles. The zero-order chi connectivity index (χ0) is 30.7. The summed E-state index contributed by atoms with van der Waals surface area (Å²) >= 11 is 6.16. The summed E-state index contributed by atoms with van der Waals surface area (Å²) in [6, 6.07) is 13.0. The number of hydrogen-bond donors (Lipinski definition) is 1. The molecule has 4 rings (SSSR count). The number of ether oxygens (including phenoxy) is 2. The van der Waals surface area contributed by atoms with Crippen LogP contribution in [0.1, 0.15) is 50.3 Å². The smallest absolute Gasteiger partial charge is 0.344 e. The van der Waals surface area contributed by atoms with Gasteiger partial charge in [0.15, 0.2) is 11.9 Å². The van der Waals surface area contributed by atoms with Gasteiger partial charge in [-0.3, -0.25) is 14.9 Å². The van der Waals surface area contributed by atoms with E-state index >= 15 is 0 Å². The van der Waals surface area contributed by atoms with Crippen LogP contribution in [-0.4, -0.2) is 44.6 Å². The Balaban J connectivity index is 2.00. The molecule has 4 aromatic rings. The molecule has 1 heterocycles. The van der Waals surface area contributed by atoms with E-state index in [2.05, 4.69) is 5.10 Å². The topological polar surface area (TPSA) is 146 Å². The molecule has 11 nitrogen and oxygen atoms in total. The number of nitro benzene ring substituents is 1. The number of benzene rings is 3. The van der Waals surface area contributed by atoms with Crippen molar-refractivity contribution < 1.29 is 24.3 Å². The molecule has 0 aliphatic carbocycles. The lowest BCUT2D eigenvalue weighted by molar-refractivity contribution is -0.386. The summed E-state index contributed by atoms with van der Waals surface area (Å²) < 4.78 is 12.4. The Bertz CT molecular complexity index is 1780. The fourth-order valence-electron chi connectivity index (χ4n) is 4.38. The van der Waals surface area contributed by atoms with Crippen LogP contribution in [0, 0.1) is 17.0 Å². The molecule has 1 aromatic heterocycles. The number of carbonyl (C=O) groups is 1. The van der Waals surface area contributed by atoms with Crippen molar-refractivity contribution in [2.45, 2.75) is 46.6 Å². The Morgan fingerprint density at radius 1 is 1.21 bits per heavy atom. The van der Waals surface area contributed by atoms with Crippen molar-refractivity contribution in [3.63, 3.8) is 0 Å². The van der Waals surface area contributed by atoms with Gasteiger partial charge in [0.1, 0.15) is 5.75 Å². The number of carboxylic acid groups (broad SMARTS) is 1. The summed E-state index contributed by atoms with van der Waals surface area (Å²) in [6.45, 7) is 9.55. The number of rotatable bonds is 10. The van der Waals surface area contributed by atoms with Crippen molar-refractivity contribution in [2.75, 3.05) is 6.61 Å². The molecule has 3 aromatic carbocycles. The first-order valence-corrected chi connectivity index (χ1v) is 13.5. The molecule has 0 spiro atoms. The van der Waals surface area contributed by atoms with Crippen molar-refractivity contribution in [3.05, 3.63) is 90.7 Å². The summed E-state index contributed by atoms with van der Waals surface area (Å²) in [6.07, 6.45) is -0.254. The Hall–Kier alpha value is -4.77. The lowest BCUT2D eigenvalue weighted by atomic mass is 9.96. The molecular weight excluding hydrogens is 564 g/mol. The Kier molecular flexibility index (Phi) is 8.91. The third-order valence-electron chi connectivity index (χ3n) is 6.49. The van der Waals surface area contributed by atoms with Crippen LogP contribution in [-0.2, 0) is 4.79 Å². The molecule has 0 aliphatic heterocycles. The number of aromatic nitrogens is 2. The third kappa shape index (κ3) is 6.10. The van der Waals surface area contributed by atoms with Gasteiger partial charge in [-0.25, -0.2) is 9.78 Å². The fourth-order valence-corrected chi connectivity index (χ4v) is 4.60.